The molecule has 1 aliphatic heterocycles. The topological polar surface area (TPSA) is 136 Å². The number of fused-ring (bicyclic) bond motifs is 2. The maximum absolute atomic E-state index is 12.3. The summed E-state index contributed by atoms with van der Waals surface area (Å²) in [5.41, 5.74) is 3.91. The maximum atomic E-state index is 12.3. The van der Waals surface area contributed by atoms with Gasteiger partial charge in [-0.1, -0.05) is 0 Å². The van der Waals surface area contributed by atoms with Crippen LogP contribution in [0.4, 0.5) is 4.79 Å². The highest BCUT2D eigenvalue weighted by atomic mass is 16.5. The van der Waals surface area contributed by atoms with Crippen LogP contribution in [-0.4, -0.2) is 62.6 Å². The highest BCUT2D eigenvalue weighted by Crippen LogP contribution is 2.19. The highest BCUT2D eigenvalue weighted by molar-refractivity contribution is 5.77. The molecule has 2 aromatic heterocycles. The molecular formula is C18H22N6O4. The first-order valence-corrected chi connectivity index (χ1v) is 8.79. The molecule has 0 saturated heterocycles. The SMILES string of the molecule is COc1ccc2nc(CCNC(=O)N3CCc4nc[nH]c4C3)[nH]c2c1.O=CO. The van der Waals surface area contributed by atoms with E-state index in [1.165, 1.54) is 0 Å². The van der Waals surface area contributed by atoms with Crippen molar-refractivity contribution in [1.82, 2.24) is 30.2 Å². The summed E-state index contributed by atoms with van der Waals surface area (Å²) in [7, 11) is 1.64. The zero-order valence-electron chi connectivity index (χ0n) is 15.4. The van der Waals surface area contributed by atoms with E-state index in [-0.39, 0.29) is 12.5 Å². The Balaban J connectivity index is 0.000000706. The number of H-pyrrole nitrogens is 2. The lowest BCUT2D eigenvalue weighted by atomic mass is 10.1. The second-order valence-corrected chi connectivity index (χ2v) is 6.15. The average molecular weight is 386 g/mol. The number of hydrogen-bond acceptors (Lipinski definition) is 5. The van der Waals surface area contributed by atoms with Crippen molar-refractivity contribution in [3.63, 3.8) is 0 Å². The molecule has 10 nitrogen and oxygen atoms in total. The summed E-state index contributed by atoms with van der Waals surface area (Å²) in [6, 6.07) is 5.66. The van der Waals surface area contributed by atoms with Gasteiger partial charge in [0.05, 0.1) is 42.4 Å². The molecule has 10 heteroatoms. The summed E-state index contributed by atoms with van der Waals surface area (Å²) in [6.45, 7) is 1.54. The molecule has 2 amide bonds. The largest absolute Gasteiger partial charge is 0.497 e. The molecule has 0 saturated carbocycles. The normalized spacial score (nSPS) is 12.7. The van der Waals surface area contributed by atoms with Crippen molar-refractivity contribution in [3.05, 3.63) is 41.7 Å². The number of nitrogens with one attached hydrogen (secondary N) is 3. The molecule has 1 aliphatic rings. The van der Waals surface area contributed by atoms with Crippen molar-refractivity contribution in [2.45, 2.75) is 19.4 Å². The predicted octanol–water partition coefficient (Wildman–Crippen LogP) is 1.31. The second-order valence-electron chi connectivity index (χ2n) is 6.15. The number of aromatic amines is 2. The lowest BCUT2D eigenvalue weighted by Gasteiger charge is -2.26. The zero-order valence-corrected chi connectivity index (χ0v) is 15.4. The van der Waals surface area contributed by atoms with Crippen molar-refractivity contribution in [1.29, 1.82) is 0 Å². The number of ether oxygens (including phenoxy) is 1. The number of amides is 2. The van der Waals surface area contributed by atoms with Crippen molar-refractivity contribution in [3.8, 4) is 5.75 Å². The number of aromatic nitrogens is 4. The molecule has 3 heterocycles. The fourth-order valence-electron chi connectivity index (χ4n) is 3.07. The number of urea groups is 1. The van der Waals surface area contributed by atoms with Crippen molar-refractivity contribution >= 4 is 23.5 Å². The summed E-state index contributed by atoms with van der Waals surface area (Å²) in [4.78, 5) is 37.6. The summed E-state index contributed by atoms with van der Waals surface area (Å²) in [5, 5.41) is 9.85. The maximum Gasteiger partial charge on any atom is 0.317 e. The van der Waals surface area contributed by atoms with Crippen LogP contribution >= 0.6 is 0 Å². The summed E-state index contributed by atoms with van der Waals surface area (Å²) in [6.07, 6.45) is 3.12. The molecule has 0 radical (unpaired) electrons. The smallest absolute Gasteiger partial charge is 0.317 e. The van der Waals surface area contributed by atoms with E-state index in [2.05, 4.69) is 25.3 Å². The Labute approximate surface area is 160 Å². The van der Waals surface area contributed by atoms with Gasteiger partial charge in [-0.15, -0.1) is 0 Å². The Kier molecular flexibility index (Phi) is 6.10. The van der Waals surface area contributed by atoms with Crippen LogP contribution in [0.2, 0.25) is 0 Å². The number of nitrogens with zero attached hydrogens (tertiary/aromatic N) is 3. The molecule has 0 bridgehead atoms. The number of imidazole rings is 2. The van der Waals surface area contributed by atoms with E-state index >= 15 is 0 Å². The predicted molar refractivity (Wildman–Crippen MR) is 101 cm³/mol. The Hall–Kier alpha value is -3.56. The van der Waals surface area contributed by atoms with Gasteiger partial charge in [0.2, 0.25) is 0 Å². The van der Waals surface area contributed by atoms with Crippen LogP contribution in [0, 0.1) is 0 Å². The number of carbonyl (C=O) groups excluding carboxylic acids is 1. The molecule has 4 N–H and O–H groups in total. The minimum absolute atomic E-state index is 0.0574. The minimum Gasteiger partial charge on any atom is -0.497 e. The van der Waals surface area contributed by atoms with Crippen LogP contribution in [0.5, 0.6) is 5.75 Å². The Bertz CT molecular complexity index is 951. The monoisotopic (exact) mass is 386 g/mol. The van der Waals surface area contributed by atoms with Crippen LogP contribution in [0.1, 0.15) is 17.2 Å². The quantitative estimate of drug-likeness (QED) is 0.499. The lowest BCUT2D eigenvalue weighted by molar-refractivity contribution is -0.122. The number of rotatable bonds is 4. The number of carbonyl (C=O) groups is 2. The number of carboxylic acid groups (broad SMARTS) is 1. The number of methoxy groups -OCH3 is 1. The summed E-state index contributed by atoms with van der Waals surface area (Å²) < 4.78 is 5.21. The molecule has 148 valence electrons. The van der Waals surface area contributed by atoms with Crippen LogP contribution in [0.25, 0.3) is 11.0 Å². The fraction of sp³-hybridized carbons (Fsp3) is 0.333. The van der Waals surface area contributed by atoms with Gasteiger partial charge >= 0.3 is 6.03 Å². The molecule has 0 atom stereocenters. The number of benzene rings is 1. The molecule has 0 spiro atoms. The highest BCUT2D eigenvalue weighted by Gasteiger charge is 2.21. The zero-order chi connectivity index (χ0) is 19.9. The Morgan fingerprint density at radius 2 is 2.29 bits per heavy atom. The van der Waals surface area contributed by atoms with Gasteiger partial charge in [0.15, 0.2) is 0 Å². The standard InChI is InChI=1S/C17H20N6O2.CH2O2/c1-25-11-2-3-13-14(8-11)22-16(21-13)4-6-18-17(24)23-7-5-12-15(9-23)20-10-19-12;2-1-3/h2-3,8,10H,4-7,9H2,1H3,(H,18,24)(H,19,20)(H,21,22);1H,(H,2,3). The third-order valence-electron chi connectivity index (χ3n) is 4.44. The van der Waals surface area contributed by atoms with Gasteiger partial charge in [0.1, 0.15) is 11.6 Å². The number of hydrogen-bond donors (Lipinski definition) is 4. The molecule has 1 aromatic carbocycles. The van der Waals surface area contributed by atoms with E-state index in [0.717, 1.165) is 40.4 Å². The molecule has 3 aromatic rings. The van der Waals surface area contributed by atoms with Gasteiger partial charge in [0, 0.05) is 32.0 Å². The van der Waals surface area contributed by atoms with Crippen molar-refractivity contribution < 1.29 is 19.4 Å². The minimum atomic E-state index is -0.250. The van der Waals surface area contributed by atoms with Crippen molar-refractivity contribution in [2.24, 2.45) is 0 Å². The third kappa shape index (κ3) is 4.40. The van der Waals surface area contributed by atoms with Crippen LogP contribution < -0.4 is 10.1 Å². The lowest BCUT2D eigenvalue weighted by Crippen LogP contribution is -2.43. The third-order valence-corrected chi connectivity index (χ3v) is 4.44. The van der Waals surface area contributed by atoms with E-state index in [4.69, 9.17) is 14.6 Å². The summed E-state index contributed by atoms with van der Waals surface area (Å²) in [5.74, 6) is 1.64. The van der Waals surface area contributed by atoms with E-state index in [1.807, 2.05) is 18.2 Å². The fourth-order valence-corrected chi connectivity index (χ4v) is 3.07. The van der Waals surface area contributed by atoms with Crippen LogP contribution in [0.3, 0.4) is 0 Å². The first kappa shape index (κ1) is 19.2. The molecule has 0 fully saturated rings. The second kappa shape index (κ2) is 8.89. The van der Waals surface area contributed by atoms with E-state index < -0.39 is 0 Å². The van der Waals surface area contributed by atoms with Crippen LogP contribution in [-0.2, 0) is 24.2 Å². The molecule has 4 rings (SSSR count). The van der Waals surface area contributed by atoms with E-state index in [9.17, 15) is 4.79 Å². The van der Waals surface area contributed by atoms with E-state index in [1.54, 1.807) is 18.3 Å². The van der Waals surface area contributed by atoms with Gasteiger partial charge in [-0.3, -0.25) is 4.79 Å². The Morgan fingerprint density at radius 1 is 1.46 bits per heavy atom. The Morgan fingerprint density at radius 3 is 3.07 bits per heavy atom. The van der Waals surface area contributed by atoms with Gasteiger partial charge in [0.25, 0.3) is 6.47 Å². The first-order chi connectivity index (χ1) is 13.6. The molecule has 28 heavy (non-hydrogen) atoms. The van der Waals surface area contributed by atoms with Gasteiger partial charge < -0.3 is 30.0 Å². The molecule has 0 unspecified atom stereocenters. The average Bonchev–Trinajstić information content (AvgIpc) is 3.33. The van der Waals surface area contributed by atoms with E-state index in [0.29, 0.717) is 26.1 Å². The van der Waals surface area contributed by atoms with Crippen LogP contribution in [0.15, 0.2) is 24.5 Å². The van der Waals surface area contributed by atoms with Crippen molar-refractivity contribution in [2.75, 3.05) is 20.2 Å². The first-order valence-electron chi connectivity index (χ1n) is 8.79. The van der Waals surface area contributed by atoms with Gasteiger partial charge in [-0.05, 0) is 12.1 Å². The van der Waals surface area contributed by atoms with Gasteiger partial charge in [-0.2, -0.15) is 0 Å². The summed E-state index contributed by atoms with van der Waals surface area (Å²) >= 11 is 0. The van der Waals surface area contributed by atoms with Gasteiger partial charge in [-0.25, -0.2) is 14.8 Å². The molecular weight excluding hydrogens is 364 g/mol. The molecule has 0 aliphatic carbocycles.